The molecule has 0 N–H and O–H groups in total. The number of rotatable bonds is 4. The lowest BCUT2D eigenvalue weighted by molar-refractivity contribution is -0.389. The lowest BCUT2D eigenvalue weighted by atomic mass is 10.1. The first-order valence-electron chi connectivity index (χ1n) is 9.15. The molecule has 148 valence electrons. The zero-order chi connectivity index (χ0) is 19.7. The van der Waals surface area contributed by atoms with Crippen LogP contribution in [-0.2, 0) is 6.54 Å². The van der Waals surface area contributed by atoms with Gasteiger partial charge in [0.1, 0.15) is 18.1 Å². The number of amides is 1. The summed E-state index contributed by atoms with van der Waals surface area (Å²) in [7, 11) is 0. The van der Waals surface area contributed by atoms with Crippen molar-refractivity contribution in [3.05, 3.63) is 52.0 Å². The summed E-state index contributed by atoms with van der Waals surface area (Å²) >= 11 is 0. The lowest BCUT2D eigenvalue weighted by Gasteiger charge is -2.36. The van der Waals surface area contributed by atoms with E-state index in [1.54, 1.807) is 9.47 Å². The number of carbonyl (C=O) groups excluding carboxylic acids is 1. The van der Waals surface area contributed by atoms with Crippen LogP contribution in [0.25, 0.3) is 0 Å². The molecule has 1 unspecified atom stereocenters. The number of nitrogens with zero attached hydrogens (tertiary/aromatic N) is 5. The maximum atomic E-state index is 13.0. The van der Waals surface area contributed by atoms with E-state index in [0.29, 0.717) is 44.8 Å². The minimum atomic E-state index is -0.527. The molecule has 1 aromatic carbocycles. The molecule has 3 heterocycles. The third-order valence-electron chi connectivity index (χ3n) is 5.09. The summed E-state index contributed by atoms with van der Waals surface area (Å²) in [5, 5.41) is 10.8. The summed E-state index contributed by atoms with van der Waals surface area (Å²) in [6, 6.07) is 5.87. The van der Waals surface area contributed by atoms with Gasteiger partial charge in [-0.25, -0.2) is 4.39 Å². The predicted octanol–water partition coefficient (Wildman–Crippen LogP) is 1.54. The van der Waals surface area contributed by atoms with Crippen molar-refractivity contribution in [2.75, 3.05) is 32.7 Å². The van der Waals surface area contributed by atoms with Gasteiger partial charge in [-0.15, -0.1) is 0 Å². The Bertz CT molecular complexity index is 877. The Morgan fingerprint density at radius 2 is 1.93 bits per heavy atom. The Morgan fingerprint density at radius 3 is 2.61 bits per heavy atom. The molecule has 0 saturated carbocycles. The quantitative estimate of drug-likeness (QED) is 0.582. The van der Waals surface area contributed by atoms with Crippen LogP contribution in [0.3, 0.4) is 0 Å². The monoisotopic (exact) mass is 389 g/mol. The molecule has 28 heavy (non-hydrogen) atoms. The molecule has 9 nitrogen and oxygen atoms in total. The fourth-order valence-electron chi connectivity index (χ4n) is 3.54. The van der Waals surface area contributed by atoms with Crippen LogP contribution in [0.1, 0.15) is 16.8 Å². The first-order valence-corrected chi connectivity index (χ1v) is 9.15. The summed E-state index contributed by atoms with van der Waals surface area (Å²) < 4.78 is 20.5. The largest absolute Gasteiger partial charge is 0.441 e. The summed E-state index contributed by atoms with van der Waals surface area (Å²) in [5.41, 5.74) is 0.485. The van der Waals surface area contributed by atoms with Crippen molar-refractivity contribution >= 4 is 11.7 Å². The number of nitro groups is 1. The normalized spacial score (nSPS) is 19.8. The van der Waals surface area contributed by atoms with Crippen LogP contribution in [0.15, 0.2) is 30.5 Å². The summed E-state index contributed by atoms with van der Waals surface area (Å²) in [6.07, 6.45) is 2.05. The minimum absolute atomic E-state index is 0.0890. The Hall–Kier alpha value is -3.01. The van der Waals surface area contributed by atoms with E-state index >= 15 is 0 Å². The van der Waals surface area contributed by atoms with Gasteiger partial charge in [0.25, 0.3) is 5.91 Å². The average molecular weight is 389 g/mol. The van der Waals surface area contributed by atoms with Crippen molar-refractivity contribution in [2.45, 2.75) is 19.1 Å². The molecule has 4 rings (SSSR count). The number of imidazole rings is 1. The molecule has 1 amide bonds. The highest BCUT2D eigenvalue weighted by molar-refractivity contribution is 5.94. The molecule has 1 saturated heterocycles. The highest BCUT2D eigenvalue weighted by atomic mass is 19.1. The van der Waals surface area contributed by atoms with E-state index in [4.69, 9.17) is 4.74 Å². The summed E-state index contributed by atoms with van der Waals surface area (Å²) in [5.74, 6) is -0.661. The molecule has 0 radical (unpaired) electrons. The number of fused-ring (bicyclic) bond motifs is 1. The third kappa shape index (κ3) is 3.81. The van der Waals surface area contributed by atoms with Crippen molar-refractivity contribution in [1.82, 2.24) is 19.4 Å². The highest BCUT2D eigenvalue weighted by Gasteiger charge is 2.30. The first kappa shape index (κ1) is 18.4. The molecule has 1 fully saturated rings. The molecule has 1 aromatic heterocycles. The number of hydrogen-bond donors (Lipinski definition) is 0. The second kappa shape index (κ2) is 7.55. The van der Waals surface area contributed by atoms with Crippen LogP contribution >= 0.6 is 0 Å². The van der Waals surface area contributed by atoms with Gasteiger partial charge in [0.15, 0.2) is 0 Å². The Morgan fingerprint density at radius 1 is 1.21 bits per heavy atom. The van der Waals surface area contributed by atoms with Crippen molar-refractivity contribution in [3.8, 4) is 6.01 Å². The van der Waals surface area contributed by atoms with Crippen molar-refractivity contribution in [1.29, 1.82) is 0 Å². The number of piperazine rings is 1. The zero-order valence-corrected chi connectivity index (χ0v) is 15.2. The highest BCUT2D eigenvalue weighted by Crippen LogP contribution is 2.24. The SMILES string of the molecule is O=C(c1ccc(F)cc1)N1CCN(CC2CCn3cc([N+](=O)[O-])nc3O2)CC1. The van der Waals surface area contributed by atoms with Crippen LogP contribution in [-0.4, -0.2) is 69.0 Å². The molecular formula is C18H20FN5O4. The molecule has 2 aromatic rings. The number of aromatic nitrogens is 2. The zero-order valence-electron chi connectivity index (χ0n) is 15.2. The van der Waals surface area contributed by atoms with Gasteiger partial charge >= 0.3 is 11.8 Å². The topological polar surface area (TPSA) is 93.7 Å². The Labute approximate surface area is 160 Å². The molecule has 0 spiro atoms. The number of ether oxygens (including phenoxy) is 1. The van der Waals surface area contributed by atoms with Gasteiger partial charge in [0, 0.05) is 56.2 Å². The van der Waals surface area contributed by atoms with E-state index in [1.165, 1.54) is 30.5 Å². The van der Waals surface area contributed by atoms with Crippen LogP contribution in [0.2, 0.25) is 0 Å². The van der Waals surface area contributed by atoms with Gasteiger partial charge in [-0.2, -0.15) is 0 Å². The number of halogens is 1. The number of benzene rings is 1. The van der Waals surface area contributed by atoms with Gasteiger partial charge in [-0.05, 0) is 29.2 Å². The van der Waals surface area contributed by atoms with Crippen molar-refractivity contribution in [2.24, 2.45) is 0 Å². The van der Waals surface area contributed by atoms with Gasteiger partial charge < -0.3 is 19.8 Å². The van der Waals surface area contributed by atoms with E-state index in [2.05, 4.69) is 9.88 Å². The lowest BCUT2D eigenvalue weighted by Crippen LogP contribution is -2.51. The molecule has 1 atom stereocenters. The van der Waals surface area contributed by atoms with Crippen molar-refractivity contribution < 1.29 is 18.8 Å². The Balaban J connectivity index is 1.29. The summed E-state index contributed by atoms with van der Waals surface area (Å²) in [6.45, 7) is 3.90. The number of carbonyl (C=O) groups is 1. The van der Waals surface area contributed by atoms with Gasteiger partial charge in [-0.1, -0.05) is 0 Å². The van der Waals surface area contributed by atoms with Gasteiger partial charge in [-0.3, -0.25) is 14.3 Å². The average Bonchev–Trinajstić information content (AvgIpc) is 3.12. The van der Waals surface area contributed by atoms with Crippen LogP contribution in [0.4, 0.5) is 10.2 Å². The van der Waals surface area contributed by atoms with Crippen LogP contribution in [0, 0.1) is 15.9 Å². The molecular weight excluding hydrogens is 369 g/mol. The molecule has 0 aliphatic carbocycles. The fourth-order valence-corrected chi connectivity index (χ4v) is 3.54. The molecule has 10 heteroatoms. The standard InChI is InChI=1S/C18H20FN5O4/c19-14-3-1-13(2-4-14)17(25)22-9-7-21(8-10-22)11-15-5-6-23-12-16(24(26)27)20-18(23)28-15/h1-4,12,15H,5-11H2. The second-order valence-corrected chi connectivity index (χ2v) is 6.96. The molecule has 2 aliphatic heterocycles. The smallest absolute Gasteiger partial charge is 0.414 e. The van der Waals surface area contributed by atoms with Crippen molar-refractivity contribution in [3.63, 3.8) is 0 Å². The molecule has 0 bridgehead atoms. The maximum absolute atomic E-state index is 13.0. The number of aryl methyl sites for hydroxylation is 1. The Kier molecular flexibility index (Phi) is 4.95. The number of hydrogen-bond acceptors (Lipinski definition) is 6. The van der Waals surface area contributed by atoms with Gasteiger partial charge in [0.05, 0.1) is 0 Å². The van der Waals surface area contributed by atoms with E-state index in [1.807, 2.05) is 0 Å². The first-order chi connectivity index (χ1) is 13.5. The van der Waals surface area contributed by atoms with E-state index in [0.717, 1.165) is 6.42 Å². The van der Waals surface area contributed by atoms with Gasteiger partial charge in [0.2, 0.25) is 0 Å². The minimum Gasteiger partial charge on any atom is -0.441 e. The molecule has 2 aliphatic rings. The maximum Gasteiger partial charge on any atom is 0.414 e. The van der Waals surface area contributed by atoms with Crippen LogP contribution < -0.4 is 4.74 Å². The third-order valence-corrected chi connectivity index (χ3v) is 5.09. The predicted molar refractivity (Wildman–Crippen MR) is 96.7 cm³/mol. The van der Waals surface area contributed by atoms with Crippen LogP contribution in [0.5, 0.6) is 6.01 Å². The van der Waals surface area contributed by atoms with E-state index in [-0.39, 0.29) is 29.7 Å². The summed E-state index contributed by atoms with van der Waals surface area (Å²) in [4.78, 5) is 30.7. The van der Waals surface area contributed by atoms with E-state index < -0.39 is 4.92 Å². The van der Waals surface area contributed by atoms with E-state index in [9.17, 15) is 19.3 Å². The second-order valence-electron chi connectivity index (χ2n) is 6.96. The fraction of sp³-hybridized carbons (Fsp3) is 0.444.